The highest BCUT2D eigenvalue weighted by Gasteiger charge is 2.13. The smallest absolute Gasteiger partial charge is 0.216 e. The Balaban J connectivity index is 2.97. The molecular formula is C20H27NO3. The summed E-state index contributed by atoms with van der Waals surface area (Å²) in [5, 5.41) is 2.79. The van der Waals surface area contributed by atoms with E-state index in [0.29, 0.717) is 17.9 Å². The number of ether oxygens (including phenoxy) is 1. The summed E-state index contributed by atoms with van der Waals surface area (Å²) in [5.74, 6) is 0.448. The lowest BCUT2D eigenvalue weighted by Crippen LogP contribution is -2.27. The van der Waals surface area contributed by atoms with Gasteiger partial charge in [-0.05, 0) is 43.2 Å². The van der Waals surface area contributed by atoms with Crippen molar-refractivity contribution in [3.63, 3.8) is 0 Å². The van der Waals surface area contributed by atoms with E-state index in [1.54, 1.807) is 12.1 Å². The fourth-order valence-corrected chi connectivity index (χ4v) is 2.36. The molecule has 0 heterocycles. The van der Waals surface area contributed by atoms with E-state index in [1.165, 1.54) is 13.0 Å². The molecule has 0 aliphatic heterocycles. The highest BCUT2D eigenvalue weighted by atomic mass is 16.5. The number of rotatable bonds is 10. The van der Waals surface area contributed by atoms with Crippen LogP contribution < -0.4 is 10.1 Å². The molecule has 0 aliphatic carbocycles. The molecule has 4 nitrogen and oxygen atoms in total. The van der Waals surface area contributed by atoms with Crippen molar-refractivity contribution in [1.29, 1.82) is 0 Å². The van der Waals surface area contributed by atoms with Gasteiger partial charge in [0.2, 0.25) is 5.91 Å². The minimum Gasteiger partial charge on any atom is -0.490 e. The molecule has 0 saturated heterocycles. The second-order valence-electron chi connectivity index (χ2n) is 5.89. The molecule has 0 fully saturated rings. The van der Waals surface area contributed by atoms with Crippen molar-refractivity contribution in [2.75, 3.05) is 6.54 Å². The molecule has 1 amide bonds. The van der Waals surface area contributed by atoms with Crippen LogP contribution in [0.1, 0.15) is 56.0 Å². The van der Waals surface area contributed by atoms with Crippen LogP contribution in [0.4, 0.5) is 0 Å². The van der Waals surface area contributed by atoms with E-state index < -0.39 is 0 Å². The monoisotopic (exact) mass is 329 g/mol. The number of ketones is 1. The molecular weight excluding hydrogens is 302 g/mol. The molecule has 4 heteroatoms. The number of allylic oxidation sites excluding steroid dienone is 2. The first-order valence-corrected chi connectivity index (χ1v) is 8.26. The van der Waals surface area contributed by atoms with Gasteiger partial charge in [-0.2, -0.15) is 0 Å². The first kappa shape index (κ1) is 19.7. The van der Waals surface area contributed by atoms with Gasteiger partial charge in [-0.25, -0.2) is 0 Å². The highest BCUT2D eigenvalue weighted by Crippen LogP contribution is 2.24. The van der Waals surface area contributed by atoms with Gasteiger partial charge in [0, 0.05) is 25.5 Å². The van der Waals surface area contributed by atoms with Gasteiger partial charge in [-0.1, -0.05) is 32.1 Å². The lowest BCUT2D eigenvalue weighted by Gasteiger charge is -2.20. The summed E-state index contributed by atoms with van der Waals surface area (Å²) in [5.41, 5.74) is 2.27. The van der Waals surface area contributed by atoms with E-state index in [9.17, 15) is 9.59 Å². The molecule has 0 radical (unpaired) electrons. The summed E-state index contributed by atoms with van der Waals surface area (Å²) in [6.07, 6.45) is 3.84. The molecule has 0 aliphatic rings. The third kappa shape index (κ3) is 6.41. The van der Waals surface area contributed by atoms with Gasteiger partial charge in [0.15, 0.2) is 5.78 Å². The number of benzene rings is 1. The highest BCUT2D eigenvalue weighted by molar-refractivity contribution is 6.04. The maximum absolute atomic E-state index is 11.9. The zero-order valence-electron chi connectivity index (χ0n) is 14.9. The summed E-state index contributed by atoms with van der Waals surface area (Å²) < 4.78 is 6.08. The number of amides is 1. The maximum Gasteiger partial charge on any atom is 0.216 e. The largest absolute Gasteiger partial charge is 0.490 e. The Kier molecular flexibility index (Phi) is 7.96. The van der Waals surface area contributed by atoms with Gasteiger partial charge >= 0.3 is 0 Å². The van der Waals surface area contributed by atoms with Gasteiger partial charge in [0.1, 0.15) is 11.9 Å². The van der Waals surface area contributed by atoms with Gasteiger partial charge in [-0.3, -0.25) is 9.59 Å². The van der Waals surface area contributed by atoms with E-state index in [4.69, 9.17) is 4.74 Å². The van der Waals surface area contributed by atoms with Crippen molar-refractivity contribution in [2.45, 2.75) is 46.1 Å². The maximum atomic E-state index is 11.9. The Morgan fingerprint density at radius 1 is 1.21 bits per heavy atom. The van der Waals surface area contributed by atoms with E-state index in [0.717, 1.165) is 30.4 Å². The molecule has 0 spiro atoms. The Hall–Kier alpha value is -2.36. The first-order chi connectivity index (χ1) is 11.4. The molecule has 1 N–H and O–H groups in total. The zero-order valence-corrected chi connectivity index (χ0v) is 14.9. The molecule has 0 saturated carbocycles. The topological polar surface area (TPSA) is 55.4 Å². The van der Waals surface area contributed by atoms with Gasteiger partial charge in [0.25, 0.3) is 0 Å². The number of nitrogens with one attached hydrogen (secondary N) is 1. The van der Waals surface area contributed by atoms with Crippen LogP contribution in [0, 0.1) is 0 Å². The van der Waals surface area contributed by atoms with Gasteiger partial charge < -0.3 is 10.1 Å². The van der Waals surface area contributed by atoms with Crippen LogP contribution in [0.2, 0.25) is 0 Å². The molecule has 0 aromatic heterocycles. The summed E-state index contributed by atoms with van der Waals surface area (Å²) in [6, 6.07) is 5.42. The average Bonchev–Trinajstić information content (AvgIpc) is 2.53. The van der Waals surface area contributed by atoms with Gasteiger partial charge in [-0.15, -0.1) is 0 Å². The Bertz CT molecular complexity index is 619. The van der Waals surface area contributed by atoms with Crippen molar-refractivity contribution >= 4 is 17.3 Å². The van der Waals surface area contributed by atoms with E-state index in [-0.39, 0.29) is 17.8 Å². The van der Waals surface area contributed by atoms with Crippen LogP contribution in [-0.2, 0) is 4.79 Å². The quantitative estimate of drug-likeness (QED) is 0.518. The van der Waals surface area contributed by atoms with Crippen LogP contribution in [0.5, 0.6) is 5.75 Å². The van der Waals surface area contributed by atoms with Crippen molar-refractivity contribution < 1.29 is 14.3 Å². The van der Waals surface area contributed by atoms with E-state index >= 15 is 0 Å². The standard InChI is InChI=1S/C20H27NO3/c1-6-8-18(9-10-21-15(5)22)24-19-12-16(14(3)4)11-17(13-19)20(23)7-2/h7,11-13,18H,2-3,6,8-10H2,1,4-5H3,(H,21,22). The van der Waals surface area contributed by atoms with E-state index in [2.05, 4.69) is 25.4 Å². The molecule has 1 rings (SSSR count). The Morgan fingerprint density at radius 2 is 1.88 bits per heavy atom. The second-order valence-corrected chi connectivity index (χ2v) is 5.89. The molecule has 1 aromatic rings. The number of hydrogen-bond donors (Lipinski definition) is 1. The van der Waals surface area contributed by atoms with Crippen molar-refractivity contribution in [1.82, 2.24) is 5.32 Å². The van der Waals surface area contributed by atoms with E-state index in [1.807, 2.05) is 13.0 Å². The lowest BCUT2D eigenvalue weighted by atomic mass is 10.0. The number of carbonyl (C=O) groups excluding carboxylic acids is 2. The fraction of sp³-hybridized carbons (Fsp3) is 0.400. The van der Waals surface area contributed by atoms with Crippen molar-refractivity contribution in [2.24, 2.45) is 0 Å². The number of carbonyl (C=O) groups is 2. The predicted octanol–water partition coefficient (Wildman–Crippen LogP) is 4.16. The van der Waals surface area contributed by atoms with Gasteiger partial charge in [0.05, 0.1) is 0 Å². The number of hydrogen-bond acceptors (Lipinski definition) is 3. The molecule has 130 valence electrons. The summed E-state index contributed by atoms with van der Waals surface area (Å²) >= 11 is 0. The molecule has 24 heavy (non-hydrogen) atoms. The minimum absolute atomic E-state index is 0.0195. The van der Waals surface area contributed by atoms with Crippen LogP contribution in [0.3, 0.4) is 0 Å². The summed E-state index contributed by atoms with van der Waals surface area (Å²) in [6.45, 7) is 13.5. The van der Waals surface area contributed by atoms with Crippen molar-refractivity contribution in [3.05, 3.63) is 48.6 Å². The fourth-order valence-electron chi connectivity index (χ4n) is 2.36. The third-order valence-electron chi connectivity index (χ3n) is 3.62. The SMILES string of the molecule is C=CC(=O)c1cc(OC(CCC)CCNC(C)=O)cc(C(=C)C)c1. The second kappa shape index (κ2) is 9.71. The lowest BCUT2D eigenvalue weighted by molar-refractivity contribution is -0.119. The van der Waals surface area contributed by atoms with Crippen LogP contribution in [-0.4, -0.2) is 24.3 Å². The van der Waals surface area contributed by atoms with Crippen LogP contribution >= 0.6 is 0 Å². The minimum atomic E-state index is -0.145. The molecule has 0 bridgehead atoms. The Morgan fingerprint density at radius 3 is 2.42 bits per heavy atom. The third-order valence-corrected chi connectivity index (χ3v) is 3.62. The molecule has 1 unspecified atom stereocenters. The zero-order chi connectivity index (χ0) is 18.1. The van der Waals surface area contributed by atoms with Crippen LogP contribution in [0.25, 0.3) is 5.57 Å². The predicted molar refractivity (Wildman–Crippen MR) is 98.3 cm³/mol. The molecule has 1 atom stereocenters. The average molecular weight is 329 g/mol. The normalized spacial score (nSPS) is 11.5. The van der Waals surface area contributed by atoms with Crippen LogP contribution in [0.15, 0.2) is 37.4 Å². The first-order valence-electron chi connectivity index (χ1n) is 8.26. The summed E-state index contributed by atoms with van der Waals surface area (Å²) in [7, 11) is 0. The Labute approximate surface area is 144 Å². The van der Waals surface area contributed by atoms with Crippen molar-refractivity contribution in [3.8, 4) is 5.75 Å². The molecule has 1 aromatic carbocycles. The summed E-state index contributed by atoms with van der Waals surface area (Å²) in [4.78, 5) is 23.0.